The Morgan fingerprint density at radius 3 is 2.39 bits per heavy atom. The van der Waals surface area contributed by atoms with E-state index in [1.54, 1.807) is 24.3 Å². The number of aliphatic hydroxyl groups is 1. The van der Waals surface area contributed by atoms with E-state index in [1.807, 2.05) is 30.3 Å². The third-order valence-corrected chi connectivity index (χ3v) is 4.87. The number of ether oxygens (including phenoxy) is 1. The van der Waals surface area contributed by atoms with Gasteiger partial charge in [0.25, 0.3) is 0 Å². The van der Waals surface area contributed by atoms with Gasteiger partial charge in [-0.25, -0.2) is 13.4 Å². The van der Waals surface area contributed by atoms with Gasteiger partial charge in [-0.15, -0.1) is 0 Å². The van der Waals surface area contributed by atoms with Crippen LogP contribution in [0.3, 0.4) is 0 Å². The Morgan fingerprint density at radius 2 is 1.74 bits per heavy atom. The van der Waals surface area contributed by atoms with Gasteiger partial charge >= 0.3 is 0 Å². The van der Waals surface area contributed by atoms with Crippen molar-refractivity contribution in [3.8, 4) is 0 Å². The number of hydrogen-bond acceptors (Lipinski definition) is 5. The lowest BCUT2D eigenvalue weighted by atomic mass is 10.0. The molecule has 5 nitrogen and oxygen atoms in total. The summed E-state index contributed by atoms with van der Waals surface area (Å²) in [5.41, 5.74) is 1.31. The molecular formula is C17H17NO4S. The first-order chi connectivity index (χ1) is 11.0. The summed E-state index contributed by atoms with van der Waals surface area (Å²) in [4.78, 5) is 4.61. The highest BCUT2D eigenvalue weighted by molar-refractivity contribution is 7.90. The van der Waals surface area contributed by atoms with Gasteiger partial charge < -0.3 is 9.84 Å². The van der Waals surface area contributed by atoms with Crippen LogP contribution in [0.25, 0.3) is 0 Å². The van der Waals surface area contributed by atoms with Gasteiger partial charge in [-0.3, -0.25) is 0 Å². The molecule has 0 spiro atoms. The van der Waals surface area contributed by atoms with E-state index in [2.05, 4.69) is 4.99 Å². The van der Waals surface area contributed by atoms with Crippen LogP contribution in [0.5, 0.6) is 0 Å². The molecule has 0 aliphatic carbocycles. The minimum atomic E-state index is -3.40. The maximum absolute atomic E-state index is 12.0. The summed E-state index contributed by atoms with van der Waals surface area (Å²) in [6.45, 7) is -0.223. The molecule has 1 N–H and O–H groups in total. The van der Waals surface area contributed by atoms with Gasteiger partial charge in [0.05, 0.1) is 11.5 Å². The Hall–Kier alpha value is -2.18. The summed E-state index contributed by atoms with van der Waals surface area (Å²) in [5.74, 6) is 0.415. The number of aliphatic imine (C=N–C) groups is 1. The molecule has 0 saturated heterocycles. The van der Waals surface area contributed by atoms with Crippen molar-refractivity contribution in [3.05, 3.63) is 65.7 Å². The normalized spacial score (nSPS) is 20.9. The minimum absolute atomic E-state index is 0.202. The molecule has 0 saturated carbocycles. The molecule has 2 unspecified atom stereocenters. The summed E-state index contributed by atoms with van der Waals surface area (Å²) in [5, 5.41) is 9.62. The van der Waals surface area contributed by atoms with Crippen molar-refractivity contribution in [2.24, 2.45) is 4.99 Å². The topological polar surface area (TPSA) is 76.0 Å². The number of benzene rings is 2. The van der Waals surface area contributed by atoms with E-state index >= 15 is 0 Å². The van der Waals surface area contributed by atoms with Gasteiger partial charge in [-0.2, -0.15) is 0 Å². The van der Waals surface area contributed by atoms with Crippen molar-refractivity contribution in [3.63, 3.8) is 0 Å². The predicted molar refractivity (Wildman–Crippen MR) is 87.2 cm³/mol. The van der Waals surface area contributed by atoms with Crippen LogP contribution < -0.4 is 0 Å². The van der Waals surface area contributed by atoms with E-state index in [0.717, 1.165) is 11.8 Å². The first-order valence-corrected chi connectivity index (χ1v) is 9.09. The molecule has 0 bridgehead atoms. The quantitative estimate of drug-likeness (QED) is 0.929. The molecule has 1 aliphatic rings. The maximum Gasteiger partial charge on any atom is 0.217 e. The van der Waals surface area contributed by atoms with Gasteiger partial charge in [0, 0.05) is 17.4 Å². The van der Waals surface area contributed by atoms with Gasteiger partial charge in [-0.1, -0.05) is 36.4 Å². The second kappa shape index (κ2) is 6.14. The smallest absolute Gasteiger partial charge is 0.217 e. The highest BCUT2D eigenvalue weighted by Crippen LogP contribution is 2.34. The van der Waals surface area contributed by atoms with Crippen molar-refractivity contribution in [1.82, 2.24) is 0 Å². The summed E-state index contributed by atoms with van der Waals surface area (Å²) in [6.07, 6.45) is 0.536. The number of nitrogens with zero attached hydrogens (tertiary/aromatic N) is 1. The summed E-state index contributed by atoms with van der Waals surface area (Å²) >= 11 is 0. The van der Waals surface area contributed by atoms with Crippen molar-refractivity contribution >= 4 is 15.7 Å². The lowest BCUT2D eigenvalue weighted by molar-refractivity contribution is 0.149. The number of sulfone groups is 1. The first-order valence-electron chi connectivity index (χ1n) is 7.20. The average molecular weight is 331 g/mol. The Labute approximate surface area is 135 Å². The molecule has 0 aromatic heterocycles. The fourth-order valence-electron chi connectivity index (χ4n) is 2.63. The van der Waals surface area contributed by atoms with E-state index in [-0.39, 0.29) is 11.5 Å². The summed E-state index contributed by atoms with van der Waals surface area (Å²) in [6, 6.07) is 15.5. The number of aliphatic hydroxyl groups excluding tert-OH is 1. The summed E-state index contributed by atoms with van der Waals surface area (Å²) < 4.78 is 29.9. The molecule has 2 atom stereocenters. The number of rotatable bonds is 4. The molecule has 6 heteroatoms. The Balaban J connectivity index is 2.00. The largest absolute Gasteiger partial charge is 0.467 e. The second-order valence-corrected chi connectivity index (χ2v) is 7.38. The van der Waals surface area contributed by atoms with E-state index in [4.69, 9.17) is 4.74 Å². The van der Waals surface area contributed by atoms with Gasteiger partial charge in [-0.05, 0) is 18.2 Å². The van der Waals surface area contributed by atoms with Crippen molar-refractivity contribution in [2.75, 3.05) is 12.9 Å². The van der Waals surface area contributed by atoms with Crippen LogP contribution in [0, 0.1) is 0 Å². The zero-order valence-corrected chi connectivity index (χ0v) is 13.4. The fraction of sp³-hybridized carbons (Fsp3) is 0.235. The molecule has 0 amide bonds. The monoisotopic (exact) mass is 331 g/mol. The molecule has 0 radical (unpaired) electrons. The Bertz CT molecular complexity index is 831. The van der Waals surface area contributed by atoms with Crippen molar-refractivity contribution in [1.29, 1.82) is 0 Å². The molecule has 23 heavy (non-hydrogen) atoms. The summed E-state index contributed by atoms with van der Waals surface area (Å²) in [7, 11) is -3.40. The highest BCUT2D eigenvalue weighted by Gasteiger charge is 2.35. The van der Waals surface area contributed by atoms with Crippen molar-refractivity contribution < 1.29 is 18.3 Å². The van der Waals surface area contributed by atoms with E-state index in [1.165, 1.54) is 0 Å². The fourth-order valence-corrected chi connectivity index (χ4v) is 3.57. The van der Waals surface area contributed by atoms with E-state index in [9.17, 15) is 13.5 Å². The second-order valence-electron chi connectivity index (χ2n) is 5.40. The van der Waals surface area contributed by atoms with Crippen LogP contribution in [-0.2, 0) is 14.6 Å². The Morgan fingerprint density at radius 1 is 1.09 bits per heavy atom. The van der Waals surface area contributed by atoms with E-state index in [0.29, 0.717) is 11.5 Å². The van der Waals surface area contributed by atoms with Crippen LogP contribution in [0.4, 0.5) is 0 Å². The first kappa shape index (κ1) is 15.7. The van der Waals surface area contributed by atoms with Crippen LogP contribution >= 0.6 is 0 Å². The molecule has 0 fully saturated rings. The van der Waals surface area contributed by atoms with Crippen LogP contribution in [0.2, 0.25) is 0 Å². The molecule has 3 rings (SSSR count). The maximum atomic E-state index is 12.0. The molecule has 1 aliphatic heterocycles. The molecular weight excluding hydrogens is 314 g/mol. The van der Waals surface area contributed by atoms with Crippen molar-refractivity contribution in [2.45, 2.75) is 17.0 Å². The molecule has 2 aromatic carbocycles. The highest BCUT2D eigenvalue weighted by atomic mass is 32.2. The van der Waals surface area contributed by atoms with Crippen LogP contribution in [-0.4, -0.2) is 38.3 Å². The lowest BCUT2D eigenvalue weighted by Gasteiger charge is -2.19. The predicted octanol–water partition coefficient (Wildman–Crippen LogP) is 1.97. The average Bonchev–Trinajstić information content (AvgIpc) is 2.99. The SMILES string of the molecule is CS(=O)(=O)c1ccccc1C1OC(c2ccccc2)=NC1CO. The van der Waals surface area contributed by atoms with Gasteiger partial charge in [0.2, 0.25) is 5.90 Å². The zero-order valence-electron chi connectivity index (χ0n) is 12.6. The Kier molecular flexibility index (Phi) is 4.19. The minimum Gasteiger partial charge on any atom is -0.467 e. The van der Waals surface area contributed by atoms with Gasteiger partial charge in [0.1, 0.15) is 6.04 Å². The van der Waals surface area contributed by atoms with Crippen LogP contribution in [0.15, 0.2) is 64.5 Å². The third kappa shape index (κ3) is 3.13. The standard InChI is InChI=1S/C17H17NO4S/c1-23(20,21)15-10-6-5-9-13(15)16-14(11-19)18-17(22-16)12-7-3-2-4-8-12/h2-10,14,16,19H,11H2,1H3. The molecule has 1 heterocycles. The number of hydrogen-bond donors (Lipinski definition) is 1. The molecule has 2 aromatic rings. The third-order valence-electron chi connectivity index (χ3n) is 3.70. The van der Waals surface area contributed by atoms with Gasteiger partial charge in [0.15, 0.2) is 15.9 Å². The van der Waals surface area contributed by atoms with Crippen LogP contribution in [0.1, 0.15) is 17.2 Å². The zero-order chi connectivity index (χ0) is 16.4. The lowest BCUT2D eigenvalue weighted by Crippen LogP contribution is -2.20. The molecule has 120 valence electrons. The van der Waals surface area contributed by atoms with E-state index < -0.39 is 22.0 Å².